The fourth-order valence-corrected chi connectivity index (χ4v) is 2.69. The maximum Gasteiger partial charge on any atom is 0.421 e. The summed E-state index contributed by atoms with van der Waals surface area (Å²) in [5, 5.41) is 0.426. The smallest absolute Gasteiger partial charge is 0.328 e. The van der Waals surface area contributed by atoms with Crippen LogP contribution in [0.2, 0.25) is 15.1 Å². The Morgan fingerprint density at radius 3 is 2.05 bits per heavy atom. The third kappa shape index (κ3) is 2.95. The highest BCUT2D eigenvalue weighted by Crippen LogP contribution is 2.38. The maximum absolute atomic E-state index is 12.7. The Balaban J connectivity index is 2.69. The standard InChI is InChI=1S/C12H5Cl3F3NO/c13-6-2-8(14)10(9(15)3-6)5-1-7(12(16,17)18)11(20)19-4-5/h1-4H,(H,19,20). The SMILES string of the molecule is O=c1[nH]cc(-c2c(Cl)cc(Cl)cc2Cl)cc1C(F)(F)F. The van der Waals surface area contributed by atoms with Crippen LogP contribution in [-0.4, -0.2) is 4.98 Å². The Morgan fingerprint density at radius 1 is 1.00 bits per heavy atom. The number of H-pyrrole nitrogens is 1. The molecule has 0 bridgehead atoms. The first-order chi connectivity index (χ1) is 9.20. The number of rotatable bonds is 1. The second kappa shape index (κ2) is 5.31. The van der Waals surface area contributed by atoms with Gasteiger partial charge in [-0.25, -0.2) is 0 Å². The van der Waals surface area contributed by atoms with Crippen molar-refractivity contribution in [3.63, 3.8) is 0 Å². The van der Waals surface area contributed by atoms with E-state index in [2.05, 4.69) is 0 Å². The van der Waals surface area contributed by atoms with E-state index in [0.717, 1.165) is 6.20 Å². The van der Waals surface area contributed by atoms with E-state index >= 15 is 0 Å². The van der Waals surface area contributed by atoms with Crippen molar-refractivity contribution in [3.05, 3.63) is 55.4 Å². The summed E-state index contributed by atoms with van der Waals surface area (Å²) < 4.78 is 38.1. The number of hydrogen-bond acceptors (Lipinski definition) is 1. The van der Waals surface area contributed by atoms with Gasteiger partial charge in [-0.05, 0) is 18.2 Å². The van der Waals surface area contributed by atoms with Gasteiger partial charge in [0, 0.05) is 22.3 Å². The lowest BCUT2D eigenvalue weighted by molar-refractivity contribution is -0.138. The van der Waals surface area contributed by atoms with Crippen LogP contribution >= 0.6 is 34.8 Å². The van der Waals surface area contributed by atoms with Gasteiger partial charge in [0.1, 0.15) is 5.56 Å². The zero-order valence-corrected chi connectivity index (χ0v) is 11.8. The zero-order chi connectivity index (χ0) is 15.1. The minimum atomic E-state index is -4.77. The van der Waals surface area contributed by atoms with Crippen LogP contribution in [0.4, 0.5) is 13.2 Å². The number of aromatic nitrogens is 1. The Kier molecular flexibility index (Phi) is 4.04. The van der Waals surface area contributed by atoms with E-state index in [0.29, 0.717) is 6.07 Å². The molecule has 0 atom stereocenters. The van der Waals surface area contributed by atoms with Gasteiger partial charge in [0.2, 0.25) is 0 Å². The molecule has 0 aliphatic heterocycles. The molecular weight excluding hydrogens is 337 g/mol. The van der Waals surface area contributed by atoms with Crippen LogP contribution in [0.5, 0.6) is 0 Å². The summed E-state index contributed by atoms with van der Waals surface area (Å²) in [6.07, 6.45) is -3.66. The normalized spacial score (nSPS) is 11.7. The largest absolute Gasteiger partial charge is 0.421 e. The van der Waals surface area contributed by atoms with Gasteiger partial charge < -0.3 is 4.98 Å². The zero-order valence-electron chi connectivity index (χ0n) is 9.49. The van der Waals surface area contributed by atoms with Crippen LogP contribution in [0.25, 0.3) is 11.1 Å². The van der Waals surface area contributed by atoms with Crippen LogP contribution in [0.15, 0.2) is 29.2 Å². The topological polar surface area (TPSA) is 32.9 Å². The molecule has 2 nitrogen and oxygen atoms in total. The van der Waals surface area contributed by atoms with Crippen molar-refractivity contribution in [2.45, 2.75) is 6.18 Å². The minimum absolute atomic E-state index is 0.0450. The molecule has 0 saturated heterocycles. The lowest BCUT2D eigenvalue weighted by atomic mass is 10.1. The summed E-state index contributed by atoms with van der Waals surface area (Å²) in [4.78, 5) is 13.2. The molecule has 0 radical (unpaired) electrons. The highest BCUT2D eigenvalue weighted by Gasteiger charge is 2.34. The average Bonchev–Trinajstić information content (AvgIpc) is 2.28. The molecule has 2 aromatic rings. The molecule has 0 amide bonds. The Hall–Kier alpha value is -1.17. The lowest BCUT2D eigenvalue weighted by Crippen LogP contribution is -2.21. The second-order valence-corrected chi connectivity index (χ2v) is 5.12. The fraction of sp³-hybridized carbons (Fsp3) is 0.0833. The minimum Gasteiger partial charge on any atom is -0.328 e. The number of aromatic amines is 1. The maximum atomic E-state index is 12.7. The second-order valence-electron chi connectivity index (χ2n) is 3.87. The van der Waals surface area contributed by atoms with Gasteiger partial charge in [-0.1, -0.05) is 34.8 Å². The van der Waals surface area contributed by atoms with Crippen molar-refractivity contribution >= 4 is 34.8 Å². The van der Waals surface area contributed by atoms with Crippen LogP contribution in [0, 0.1) is 0 Å². The molecule has 1 N–H and O–H groups in total. The molecule has 106 valence electrons. The van der Waals surface area contributed by atoms with Crippen molar-refractivity contribution < 1.29 is 13.2 Å². The van der Waals surface area contributed by atoms with Gasteiger partial charge >= 0.3 is 6.18 Å². The Morgan fingerprint density at radius 2 is 1.55 bits per heavy atom. The molecule has 0 saturated carbocycles. The number of halogens is 6. The van der Waals surface area contributed by atoms with Gasteiger partial charge in [0.05, 0.1) is 10.0 Å². The quantitative estimate of drug-likeness (QED) is 0.775. The van der Waals surface area contributed by atoms with E-state index in [9.17, 15) is 18.0 Å². The van der Waals surface area contributed by atoms with Crippen LogP contribution in [0.3, 0.4) is 0 Å². The van der Waals surface area contributed by atoms with Crippen molar-refractivity contribution in [2.75, 3.05) is 0 Å². The highest BCUT2D eigenvalue weighted by atomic mass is 35.5. The summed E-state index contributed by atoms with van der Waals surface area (Å²) >= 11 is 17.6. The summed E-state index contributed by atoms with van der Waals surface area (Å²) in [5.74, 6) is 0. The molecule has 2 rings (SSSR count). The number of hydrogen-bond donors (Lipinski definition) is 1. The van der Waals surface area contributed by atoms with Crippen molar-refractivity contribution in [1.29, 1.82) is 0 Å². The van der Waals surface area contributed by atoms with Crippen molar-refractivity contribution in [2.24, 2.45) is 0 Å². The van der Waals surface area contributed by atoms with Gasteiger partial charge in [-0.3, -0.25) is 4.79 Å². The van der Waals surface area contributed by atoms with E-state index < -0.39 is 17.3 Å². The Labute approximate surface area is 126 Å². The van der Waals surface area contributed by atoms with Gasteiger partial charge in [0.25, 0.3) is 5.56 Å². The highest BCUT2D eigenvalue weighted by molar-refractivity contribution is 6.41. The molecular formula is C12H5Cl3F3NO. The first kappa shape index (κ1) is 15.2. The summed E-state index contributed by atoms with van der Waals surface area (Å²) in [6.45, 7) is 0. The molecule has 0 aliphatic carbocycles. The molecule has 0 aliphatic rings. The van der Waals surface area contributed by atoms with Crippen LogP contribution < -0.4 is 5.56 Å². The number of alkyl halides is 3. The van der Waals surface area contributed by atoms with E-state index in [1.54, 1.807) is 0 Å². The molecule has 0 unspecified atom stereocenters. The first-order valence-electron chi connectivity index (χ1n) is 5.15. The number of nitrogens with one attached hydrogen (secondary N) is 1. The van der Waals surface area contributed by atoms with Gasteiger partial charge in [-0.2, -0.15) is 13.2 Å². The van der Waals surface area contributed by atoms with Crippen molar-refractivity contribution in [3.8, 4) is 11.1 Å². The molecule has 1 heterocycles. The van der Waals surface area contributed by atoms with E-state index in [4.69, 9.17) is 34.8 Å². The summed E-state index contributed by atoms with van der Waals surface area (Å²) in [5.41, 5.74) is -2.34. The summed E-state index contributed by atoms with van der Waals surface area (Å²) in [7, 11) is 0. The molecule has 20 heavy (non-hydrogen) atoms. The predicted molar refractivity (Wildman–Crippen MR) is 72.5 cm³/mol. The number of benzene rings is 1. The molecule has 0 spiro atoms. The Bertz CT molecular complexity index is 702. The average molecular weight is 343 g/mol. The summed E-state index contributed by atoms with van der Waals surface area (Å²) in [6, 6.07) is 3.39. The van der Waals surface area contributed by atoms with Gasteiger partial charge in [0.15, 0.2) is 0 Å². The number of pyridine rings is 1. The van der Waals surface area contributed by atoms with E-state index in [1.807, 2.05) is 4.98 Å². The fourth-order valence-electron chi connectivity index (χ4n) is 1.66. The first-order valence-corrected chi connectivity index (χ1v) is 6.28. The lowest BCUT2D eigenvalue weighted by Gasteiger charge is -2.11. The van der Waals surface area contributed by atoms with Crippen LogP contribution in [-0.2, 0) is 6.18 Å². The molecule has 1 aromatic carbocycles. The molecule has 0 fully saturated rings. The predicted octanol–water partition coefficient (Wildman–Crippen LogP) is 5.02. The van der Waals surface area contributed by atoms with Crippen molar-refractivity contribution in [1.82, 2.24) is 4.98 Å². The van der Waals surface area contributed by atoms with Gasteiger partial charge in [-0.15, -0.1) is 0 Å². The van der Waals surface area contributed by atoms with Crippen LogP contribution in [0.1, 0.15) is 5.56 Å². The monoisotopic (exact) mass is 341 g/mol. The molecule has 1 aromatic heterocycles. The van der Waals surface area contributed by atoms with E-state index in [1.165, 1.54) is 12.1 Å². The molecule has 8 heteroatoms. The third-order valence-corrected chi connectivity index (χ3v) is 3.32. The van der Waals surface area contributed by atoms with E-state index in [-0.39, 0.29) is 26.2 Å². The third-order valence-electron chi connectivity index (χ3n) is 2.50.